The summed E-state index contributed by atoms with van der Waals surface area (Å²) in [6, 6.07) is 3.56. The predicted molar refractivity (Wildman–Crippen MR) is 105 cm³/mol. The number of thiophene rings is 1. The topological polar surface area (TPSA) is 88.6 Å². The Bertz CT molecular complexity index is 945. The second-order valence-electron chi connectivity index (χ2n) is 6.54. The molecule has 1 fully saturated rings. The molecular weight excluding hydrogens is 406 g/mol. The van der Waals surface area contributed by atoms with E-state index < -0.39 is 16.1 Å². The number of hydrogen-bond acceptors (Lipinski definition) is 7. The molecule has 2 aliphatic heterocycles. The molecule has 0 aromatic carbocycles. The van der Waals surface area contributed by atoms with Crippen LogP contribution >= 0.6 is 22.7 Å². The van der Waals surface area contributed by atoms with E-state index >= 15 is 0 Å². The van der Waals surface area contributed by atoms with Crippen molar-refractivity contribution in [2.45, 2.75) is 49.5 Å². The minimum atomic E-state index is -3.50. The predicted octanol–water partition coefficient (Wildman–Crippen LogP) is 2.63. The quantitative estimate of drug-likeness (QED) is 0.792. The number of nitrogens with zero attached hydrogens (tertiary/aromatic N) is 2. The highest BCUT2D eigenvalue weighted by Gasteiger charge is 2.32. The van der Waals surface area contributed by atoms with Crippen LogP contribution in [0, 0.1) is 0 Å². The number of thiazole rings is 1. The molecule has 1 atom stereocenters. The molecule has 4 heterocycles. The number of ether oxygens (including phenoxy) is 1. The van der Waals surface area contributed by atoms with Crippen molar-refractivity contribution in [2.24, 2.45) is 0 Å². The number of aryl methyl sites for hydroxylation is 1. The normalized spacial score (nSPS) is 20.6. The number of hydrogen-bond donors (Lipinski definition) is 1. The second-order valence-corrected chi connectivity index (χ2v) is 11.0. The van der Waals surface area contributed by atoms with Crippen molar-refractivity contribution < 1.29 is 17.9 Å². The van der Waals surface area contributed by atoms with E-state index in [1.165, 1.54) is 27.0 Å². The largest absolute Gasteiger partial charge is 0.368 e. The highest BCUT2D eigenvalue weighted by atomic mass is 32.2. The molecule has 10 heteroatoms. The molecular formula is C17H21N3O4S3. The van der Waals surface area contributed by atoms with Gasteiger partial charge in [0.2, 0.25) is 0 Å². The molecule has 0 radical (unpaired) electrons. The van der Waals surface area contributed by atoms with Crippen molar-refractivity contribution in [3.8, 4) is 0 Å². The van der Waals surface area contributed by atoms with Crippen LogP contribution in [0.4, 0.5) is 5.13 Å². The average Bonchev–Trinajstić information content (AvgIpc) is 3.39. The first-order valence-corrected chi connectivity index (χ1v) is 12.0. The molecule has 2 aromatic rings. The summed E-state index contributed by atoms with van der Waals surface area (Å²) in [5, 5.41) is 3.33. The summed E-state index contributed by atoms with van der Waals surface area (Å²) in [7, 11) is -3.50. The zero-order valence-corrected chi connectivity index (χ0v) is 17.4. The maximum Gasteiger partial charge on any atom is 0.255 e. The van der Waals surface area contributed by atoms with Gasteiger partial charge in [-0.25, -0.2) is 13.4 Å². The Morgan fingerprint density at radius 2 is 2.26 bits per heavy atom. The third kappa shape index (κ3) is 3.81. The number of carbonyl (C=O) groups excluding carboxylic acids is 1. The monoisotopic (exact) mass is 427 g/mol. The van der Waals surface area contributed by atoms with E-state index in [9.17, 15) is 13.2 Å². The standard InChI is InChI=1S/C17H21N3O4S3/c1-2-11-5-6-15(25-11)27(22,23)20-8-7-12-14(10-20)26-17(18-12)19-16(21)13-4-3-9-24-13/h5-6,13H,2-4,7-10H2,1H3,(H,18,19,21). The van der Waals surface area contributed by atoms with Crippen LogP contribution in [0.15, 0.2) is 16.3 Å². The van der Waals surface area contributed by atoms with Crippen molar-refractivity contribution >= 4 is 43.7 Å². The number of fused-ring (bicyclic) bond motifs is 1. The smallest absolute Gasteiger partial charge is 0.255 e. The summed E-state index contributed by atoms with van der Waals surface area (Å²) in [6.45, 7) is 3.32. The molecule has 0 saturated carbocycles. The maximum atomic E-state index is 12.9. The fourth-order valence-electron chi connectivity index (χ4n) is 3.22. The molecule has 2 aliphatic rings. The number of aromatic nitrogens is 1. The van der Waals surface area contributed by atoms with Crippen molar-refractivity contribution in [1.29, 1.82) is 0 Å². The first-order chi connectivity index (χ1) is 13.0. The molecule has 1 saturated heterocycles. The fourth-order valence-corrected chi connectivity index (χ4v) is 7.18. The fraction of sp³-hybridized carbons (Fsp3) is 0.529. The lowest BCUT2D eigenvalue weighted by atomic mass is 10.2. The Morgan fingerprint density at radius 1 is 1.41 bits per heavy atom. The molecule has 4 rings (SSSR count). The Hall–Kier alpha value is -1.33. The summed E-state index contributed by atoms with van der Waals surface area (Å²) in [5.41, 5.74) is 0.870. The van der Waals surface area contributed by atoms with E-state index in [-0.39, 0.29) is 5.91 Å². The first kappa shape index (κ1) is 19.0. The summed E-state index contributed by atoms with van der Waals surface area (Å²) in [6.07, 6.45) is 2.58. The van der Waals surface area contributed by atoms with Crippen molar-refractivity contribution in [3.05, 3.63) is 27.6 Å². The van der Waals surface area contributed by atoms with Gasteiger partial charge in [0.1, 0.15) is 10.3 Å². The first-order valence-electron chi connectivity index (χ1n) is 8.97. The number of anilines is 1. The van der Waals surface area contributed by atoms with Gasteiger partial charge in [0.05, 0.1) is 12.2 Å². The third-order valence-corrected chi connectivity index (χ3v) is 9.27. The number of carbonyl (C=O) groups is 1. The summed E-state index contributed by atoms with van der Waals surface area (Å²) < 4.78 is 33.1. The Kier molecular flexibility index (Phi) is 5.34. The van der Waals surface area contributed by atoms with Crippen LogP contribution < -0.4 is 5.32 Å². The van der Waals surface area contributed by atoms with E-state index in [0.717, 1.165) is 34.7 Å². The minimum Gasteiger partial charge on any atom is -0.368 e. The summed E-state index contributed by atoms with van der Waals surface area (Å²) >= 11 is 2.68. The third-order valence-electron chi connectivity index (χ3n) is 4.73. The second kappa shape index (κ2) is 7.59. The molecule has 1 N–H and O–H groups in total. The SMILES string of the molecule is CCc1ccc(S(=O)(=O)N2CCc3nc(NC(=O)C4CCCO4)sc3C2)s1. The Labute approximate surface area is 166 Å². The zero-order chi connectivity index (χ0) is 19.0. The molecule has 0 bridgehead atoms. The molecule has 7 nitrogen and oxygen atoms in total. The number of amides is 1. The maximum absolute atomic E-state index is 12.9. The van der Waals surface area contributed by atoms with Gasteiger partial charge in [0, 0.05) is 29.3 Å². The molecule has 1 amide bonds. The van der Waals surface area contributed by atoms with Crippen LogP contribution in [0.2, 0.25) is 0 Å². The molecule has 0 aliphatic carbocycles. The van der Waals surface area contributed by atoms with E-state index in [1.807, 2.05) is 13.0 Å². The van der Waals surface area contributed by atoms with Gasteiger partial charge in [0.15, 0.2) is 5.13 Å². The minimum absolute atomic E-state index is 0.172. The van der Waals surface area contributed by atoms with Gasteiger partial charge in [-0.1, -0.05) is 6.92 Å². The number of nitrogens with one attached hydrogen (secondary N) is 1. The van der Waals surface area contributed by atoms with Gasteiger partial charge in [0.25, 0.3) is 15.9 Å². The lowest BCUT2D eigenvalue weighted by Crippen LogP contribution is -2.35. The van der Waals surface area contributed by atoms with E-state index in [0.29, 0.717) is 35.5 Å². The van der Waals surface area contributed by atoms with E-state index in [2.05, 4.69) is 10.3 Å². The van der Waals surface area contributed by atoms with Gasteiger partial charge in [-0.2, -0.15) is 4.31 Å². The Balaban J connectivity index is 1.48. The molecule has 0 spiro atoms. The highest BCUT2D eigenvalue weighted by Crippen LogP contribution is 2.33. The Morgan fingerprint density at radius 3 is 2.96 bits per heavy atom. The van der Waals surface area contributed by atoms with Gasteiger partial charge < -0.3 is 4.74 Å². The molecule has 2 aromatic heterocycles. The lowest BCUT2D eigenvalue weighted by molar-refractivity contribution is -0.124. The van der Waals surface area contributed by atoms with Crippen LogP contribution in [0.1, 0.15) is 35.2 Å². The highest BCUT2D eigenvalue weighted by molar-refractivity contribution is 7.91. The molecule has 146 valence electrons. The average molecular weight is 428 g/mol. The van der Waals surface area contributed by atoms with Crippen molar-refractivity contribution in [1.82, 2.24) is 9.29 Å². The van der Waals surface area contributed by atoms with Gasteiger partial charge in [-0.05, 0) is 31.4 Å². The summed E-state index contributed by atoms with van der Waals surface area (Å²) in [5.74, 6) is -0.172. The summed E-state index contributed by atoms with van der Waals surface area (Å²) in [4.78, 5) is 18.6. The number of sulfonamides is 1. The van der Waals surface area contributed by atoms with Crippen molar-refractivity contribution in [2.75, 3.05) is 18.5 Å². The van der Waals surface area contributed by atoms with Gasteiger partial charge in [-0.3, -0.25) is 10.1 Å². The van der Waals surface area contributed by atoms with Crippen LogP contribution in [-0.4, -0.2) is 42.9 Å². The van der Waals surface area contributed by atoms with E-state index in [1.54, 1.807) is 6.07 Å². The number of rotatable bonds is 5. The van der Waals surface area contributed by atoms with Crippen molar-refractivity contribution in [3.63, 3.8) is 0 Å². The van der Waals surface area contributed by atoms with Crippen LogP contribution in [0.25, 0.3) is 0 Å². The van der Waals surface area contributed by atoms with Crippen LogP contribution in [0.5, 0.6) is 0 Å². The lowest BCUT2D eigenvalue weighted by Gasteiger charge is -2.24. The van der Waals surface area contributed by atoms with Crippen LogP contribution in [0.3, 0.4) is 0 Å². The van der Waals surface area contributed by atoms with E-state index in [4.69, 9.17) is 4.74 Å². The van der Waals surface area contributed by atoms with Gasteiger partial charge in [-0.15, -0.1) is 22.7 Å². The van der Waals surface area contributed by atoms with Gasteiger partial charge >= 0.3 is 0 Å². The molecule has 27 heavy (non-hydrogen) atoms. The zero-order valence-electron chi connectivity index (χ0n) is 14.9. The van der Waals surface area contributed by atoms with Crippen LogP contribution in [-0.2, 0) is 38.9 Å². The molecule has 1 unspecified atom stereocenters.